The van der Waals surface area contributed by atoms with E-state index in [4.69, 9.17) is 40.2 Å². The molecule has 162 valence electrons. The number of fused-ring (bicyclic) bond motifs is 1. The number of aromatic nitrogens is 2. The largest absolute Gasteiger partial charge is 0.437 e. The molecule has 0 saturated carbocycles. The third-order valence-electron chi connectivity index (χ3n) is 4.61. The van der Waals surface area contributed by atoms with E-state index in [-0.39, 0.29) is 39.6 Å². The molecule has 3 aromatic rings. The third kappa shape index (κ3) is 4.19. The number of hydrogen-bond acceptors (Lipinski definition) is 6. The predicted octanol–water partition coefficient (Wildman–Crippen LogP) is 5.49. The highest BCUT2D eigenvalue weighted by molar-refractivity contribution is 8.26. The molecule has 1 amide bonds. The Balaban J connectivity index is 1.91. The van der Waals surface area contributed by atoms with Gasteiger partial charge in [0.05, 0.1) is 9.93 Å². The second-order valence-corrected chi connectivity index (χ2v) is 9.30. The molecule has 1 saturated heterocycles. The fourth-order valence-corrected chi connectivity index (χ4v) is 4.78. The van der Waals surface area contributed by atoms with Crippen molar-refractivity contribution in [3.8, 4) is 11.6 Å². The monoisotopic (exact) mass is 503 g/mol. The number of thioether (sulfide) groups is 1. The van der Waals surface area contributed by atoms with Gasteiger partial charge in [-0.25, -0.2) is 0 Å². The van der Waals surface area contributed by atoms with Crippen LogP contribution < -0.4 is 10.3 Å². The number of benzene rings is 1. The SMILES string of the molecule is C=CCN1C(=O)/C(=C\c2c(Oc3ccc(Cl)cc3Cl)nc3c(C)cccn3c2=O)SC1=S. The van der Waals surface area contributed by atoms with Gasteiger partial charge in [0, 0.05) is 17.8 Å². The summed E-state index contributed by atoms with van der Waals surface area (Å²) in [6.45, 7) is 5.76. The molecule has 3 heterocycles. The van der Waals surface area contributed by atoms with Crippen molar-refractivity contribution in [1.82, 2.24) is 14.3 Å². The maximum atomic E-state index is 13.4. The Morgan fingerprint density at radius 1 is 1.28 bits per heavy atom. The Morgan fingerprint density at radius 2 is 2.06 bits per heavy atom. The Kier molecular flexibility index (Phi) is 6.39. The van der Waals surface area contributed by atoms with E-state index in [1.807, 2.05) is 13.0 Å². The van der Waals surface area contributed by atoms with Gasteiger partial charge in [-0.1, -0.05) is 59.3 Å². The van der Waals surface area contributed by atoms with Crippen LogP contribution in [0.5, 0.6) is 11.6 Å². The standard InChI is InChI=1S/C22H15Cl2N3O3S2/c1-3-8-27-21(29)17(32-22(27)31)11-14-19(30-16-7-6-13(23)10-15(16)24)25-18-12(2)5-4-9-26(18)20(14)28/h3-7,9-11H,1,8H2,2H3/b17-11+. The lowest BCUT2D eigenvalue weighted by Gasteiger charge is -2.12. The first-order chi connectivity index (χ1) is 15.3. The normalized spacial score (nSPS) is 15.1. The van der Waals surface area contributed by atoms with E-state index in [0.29, 0.717) is 15.0 Å². The second kappa shape index (κ2) is 9.07. The second-order valence-electron chi connectivity index (χ2n) is 6.78. The Bertz CT molecular complexity index is 1380. The number of aryl methyl sites for hydroxylation is 1. The molecule has 0 unspecified atom stereocenters. The van der Waals surface area contributed by atoms with E-state index in [0.717, 1.165) is 17.3 Å². The Morgan fingerprint density at radius 3 is 2.78 bits per heavy atom. The summed E-state index contributed by atoms with van der Waals surface area (Å²) in [4.78, 5) is 32.4. The maximum absolute atomic E-state index is 13.4. The highest BCUT2D eigenvalue weighted by Gasteiger charge is 2.32. The smallest absolute Gasteiger partial charge is 0.269 e. The topological polar surface area (TPSA) is 63.9 Å². The number of carbonyl (C=O) groups excluding carboxylic acids is 1. The number of thiocarbonyl (C=S) groups is 1. The maximum Gasteiger partial charge on any atom is 0.269 e. The summed E-state index contributed by atoms with van der Waals surface area (Å²) in [5.41, 5.74) is 0.903. The number of carbonyl (C=O) groups is 1. The van der Waals surface area contributed by atoms with Crippen LogP contribution in [0.1, 0.15) is 11.1 Å². The number of ether oxygens (including phenoxy) is 1. The van der Waals surface area contributed by atoms with E-state index in [9.17, 15) is 9.59 Å². The molecule has 0 bridgehead atoms. The molecule has 1 aromatic carbocycles. The van der Waals surface area contributed by atoms with Crippen LogP contribution in [0, 0.1) is 6.92 Å². The average molecular weight is 504 g/mol. The van der Waals surface area contributed by atoms with Crippen LogP contribution >= 0.6 is 47.2 Å². The van der Waals surface area contributed by atoms with Crippen molar-refractivity contribution in [2.24, 2.45) is 0 Å². The molecule has 6 nitrogen and oxygen atoms in total. The van der Waals surface area contributed by atoms with E-state index in [1.165, 1.54) is 21.4 Å². The first-order valence-electron chi connectivity index (χ1n) is 9.31. The zero-order chi connectivity index (χ0) is 23.0. The van der Waals surface area contributed by atoms with Crippen molar-refractivity contribution in [2.75, 3.05) is 6.54 Å². The van der Waals surface area contributed by atoms with Gasteiger partial charge < -0.3 is 4.74 Å². The van der Waals surface area contributed by atoms with Crippen molar-refractivity contribution < 1.29 is 9.53 Å². The lowest BCUT2D eigenvalue weighted by atomic mass is 10.2. The van der Waals surface area contributed by atoms with Gasteiger partial charge in [-0.3, -0.25) is 18.9 Å². The Hall–Kier alpha value is -2.65. The summed E-state index contributed by atoms with van der Waals surface area (Å²) in [6.07, 6.45) is 4.64. The van der Waals surface area contributed by atoms with Crippen LogP contribution in [0.4, 0.5) is 0 Å². The first kappa shape index (κ1) is 22.5. The molecule has 0 atom stereocenters. The summed E-state index contributed by atoms with van der Waals surface area (Å²) in [6, 6.07) is 8.30. The highest BCUT2D eigenvalue weighted by Crippen LogP contribution is 2.36. The van der Waals surface area contributed by atoms with Crippen LogP contribution in [-0.4, -0.2) is 31.1 Å². The summed E-state index contributed by atoms with van der Waals surface area (Å²) >= 11 is 18.6. The van der Waals surface area contributed by atoms with Gasteiger partial charge in [0.25, 0.3) is 11.5 Å². The molecule has 32 heavy (non-hydrogen) atoms. The predicted molar refractivity (Wildman–Crippen MR) is 133 cm³/mol. The molecule has 1 aliphatic heterocycles. The van der Waals surface area contributed by atoms with Gasteiger partial charge in [-0.15, -0.1) is 6.58 Å². The van der Waals surface area contributed by atoms with Crippen LogP contribution in [0.3, 0.4) is 0 Å². The number of amides is 1. The molecule has 4 rings (SSSR count). The molecule has 0 aliphatic carbocycles. The number of nitrogens with zero attached hydrogens (tertiary/aromatic N) is 3. The van der Waals surface area contributed by atoms with Gasteiger partial charge >= 0.3 is 0 Å². The van der Waals surface area contributed by atoms with Crippen LogP contribution in [0.25, 0.3) is 11.7 Å². The van der Waals surface area contributed by atoms with E-state index in [2.05, 4.69) is 11.6 Å². The molecule has 1 fully saturated rings. The molecule has 0 radical (unpaired) electrons. The lowest BCUT2D eigenvalue weighted by molar-refractivity contribution is -0.121. The Labute approximate surface area is 203 Å². The highest BCUT2D eigenvalue weighted by atomic mass is 35.5. The van der Waals surface area contributed by atoms with Crippen LogP contribution in [0.15, 0.2) is 58.9 Å². The molecular formula is C22H15Cl2N3O3S2. The lowest BCUT2D eigenvalue weighted by Crippen LogP contribution is -2.28. The number of hydrogen-bond donors (Lipinski definition) is 0. The van der Waals surface area contributed by atoms with Crippen molar-refractivity contribution in [1.29, 1.82) is 0 Å². The van der Waals surface area contributed by atoms with E-state index >= 15 is 0 Å². The summed E-state index contributed by atoms with van der Waals surface area (Å²) in [5, 5.41) is 0.698. The molecule has 0 N–H and O–H groups in total. The molecular weight excluding hydrogens is 489 g/mol. The molecule has 2 aromatic heterocycles. The number of rotatable bonds is 5. The minimum atomic E-state index is -0.396. The van der Waals surface area contributed by atoms with Crippen molar-refractivity contribution in [3.63, 3.8) is 0 Å². The molecule has 1 aliphatic rings. The number of pyridine rings is 1. The van der Waals surface area contributed by atoms with Gasteiger partial charge in [0.2, 0.25) is 5.88 Å². The van der Waals surface area contributed by atoms with Gasteiger partial charge in [0.15, 0.2) is 0 Å². The fraction of sp³-hybridized carbons (Fsp3) is 0.0909. The summed E-state index contributed by atoms with van der Waals surface area (Å²) in [5.74, 6) is -0.0265. The van der Waals surface area contributed by atoms with E-state index < -0.39 is 5.56 Å². The fourth-order valence-electron chi connectivity index (χ4n) is 3.07. The van der Waals surface area contributed by atoms with Crippen LogP contribution in [-0.2, 0) is 4.79 Å². The average Bonchev–Trinajstić information content (AvgIpc) is 3.01. The van der Waals surface area contributed by atoms with Crippen molar-refractivity contribution in [2.45, 2.75) is 6.92 Å². The minimum Gasteiger partial charge on any atom is -0.437 e. The van der Waals surface area contributed by atoms with Gasteiger partial charge in [-0.05, 0) is 42.8 Å². The number of halogens is 2. The van der Waals surface area contributed by atoms with E-state index in [1.54, 1.807) is 30.5 Å². The minimum absolute atomic E-state index is 0.0162. The van der Waals surface area contributed by atoms with Gasteiger partial charge in [0.1, 0.15) is 21.3 Å². The van der Waals surface area contributed by atoms with Gasteiger partial charge in [-0.2, -0.15) is 4.98 Å². The molecule has 10 heteroatoms. The summed E-state index contributed by atoms with van der Waals surface area (Å²) < 4.78 is 7.73. The first-order valence-corrected chi connectivity index (χ1v) is 11.3. The molecule has 0 spiro atoms. The quantitative estimate of drug-likeness (QED) is 0.260. The van der Waals surface area contributed by atoms with Crippen LogP contribution in [0.2, 0.25) is 10.0 Å². The zero-order valence-electron chi connectivity index (χ0n) is 16.7. The summed E-state index contributed by atoms with van der Waals surface area (Å²) in [7, 11) is 0. The van der Waals surface area contributed by atoms with Crippen molar-refractivity contribution in [3.05, 3.63) is 85.6 Å². The zero-order valence-corrected chi connectivity index (χ0v) is 19.8. The van der Waals surface area contributed by atoms with Crippen molar-refractivity contribution >= 4 is 69.1 Å². The third-order valence-corrected chi connectivity index (χ3v) is 6.52.